The number of hydrogen-bond acceptors (Lipinski definition) is 4. The van der Waals surface area contributed by atoms with E-state index < -0.39 is 39.2 Å². The van der Waals surface area contributed by atoms with E-state index in [1.807, 2.05) is 72.8 Å². The smallest absolute Gasteiger partial charge is 0.361 e. The predicted molar refractivity (Wildman–Crippen MR) is 191 cm³/mol. The van der Waals surface area contributed by atoms with Crippen molar-refractivity contribution in [2.75, 3.05) is 18.4 Å². The third-order valence-electron chi connectivity index (χ3n) is 7.73. The van der Waals surface area contributed by atoms with E-state index in [2.05, 4.69) is 29.2 Å². The van der Waals surface area contributed by atoms with Crippen LogP contribution in [0.2, 0.25) is 0 Å². The minimum absolute atomic E-state index is 0.0128. The van der Waals surface area contributed by atoms with Gasteiger partial charge in [-0.3, -0.25) is 0 Å². The van der Waals surface area contributed by atoms with E-state index in [0.29, 0.717) is 17.7 Å². The summed E-state index contributed by atoms with van der Waals surface area (Å²) in [6.45, 7) is 3.81. The molecule has 0 fully saturated rings. The Hall–Kier alpha value is -4.24. The molecule has 0 saturated heterocycles. The lowest BCUT2D eigenvalue weighted by molar-refractivity contribution is -0.143. The summed E-state index contributed by atoms with van der Waals surface area (Å²) in [6.07, 6.45) is -10.0. The van der Waals surface area contributed by atoms with Crippen molar-refractivity contribution >= 4 is 44.4 Å². The van der Waals surface area contributed by atoms with Gasteiger partial charge in [0.2, 0.25) is 0 Å². The number of halogens is 6. The van der Waals surface area contributed by atoms with Crippen LogP contribution in [0.1, 0.15) is 36.5 Å². The van der Waals surface area contributed by atoms with Crippen LogP contribution >= 0.6 is 23.6 Å². The first kappa shape index (κ1) is 37.0. The maximum Gasteiger partial charge on any atom is 0.416 e. The van der Waals surface area contributed by atoms with Gasteiger partial charge in [-0.25, -0.2) is 13.1 Å². The number of sulfonamides is 1. The predicted octanol–water partition coefficient (Wildman–Crippen LogP) is 10.2. The molecule has 0 amide bonds. The van der Waals surface area contributed by atoms with Gasteiger partial charge in [-0.1, -0.05) is 86.6 Å². The second kappa shape index (κ2) is 14.9. The first-order valence-corrected chi connectivity index (χ1v) is 18.0. The van der Waals surface area contributed by atoms with E-state index in [9.17, 15) is 34.8 Å². The summed E-state index contributed by atoms with van der Waals surface area (Å²) >= 11 is 6.10. The van der Waals surface area contributed by atoms with E-state index >= 15 is 0 Å². The van der Waals surface area contributed by atoms with Crippen molar-refractivity contribution in [2.45, 2.75) is 36.3 Å². The van der Waals surface area contributed by atoms with Gasteiger partial charge in [0.25, 0.3) is 10.0 Å². The van der Waals surface area contributed by atoms with Gasteiger partial charge >= 0.3 is 12.4 Å². The molecule has 1 heterocycles. The molecule has 5 nitrogen and oxygen atoms in total. The normalized spacial score (nSPS) is 12.3. The summed E-state index contributed by atoms with van der Waals surface area (Å²) in [5, 5.41) is 6.33. The highest BCUT2D eigenvalue weighted by Crippen LogP contribution is 2.41. The lowest BCUT2D eigenvalue weighted by Crippen LogP contribution is -2.36. The molecule has 0 saturated carbocycles. The molecular weight excluding hydrogens is 717 g/mol. The van der Waals surface area contributed by atoms with Gasteiger partial charge in [-0.05, 0) is 81.2 Å². The number of anilines is 1. The minimum atomic E-state index is -5.02. The maximum atomic E-state index is 13.6. The molecule has 50 heavy (non-hydrogen) atoms. The average Bonchev–Trinajstić information content (AvgIpc) is 3.57. The Morgan fingerprint density at radius 1 is 0.720 bits per heavy atom. The van der Waals surface area contributed by atoms with E-state index in [-0.39, 0.29) is 34.4 Å². The van der Waals surface area contributed by atoms with Crippen molar-refractivity contribution in [3.05, 3.63) is 119 Å². The van der Waals surface area contributed by atoms with Gasteiger partial charge in [-0.2, -0.15) is 26.3 Å². The van der Waals surface area contributed by atoms with Crippen LogP contribution in [0, 0.1) is 0 Å². The highest BCUT2D eigenvalue weighted by molar-refractivity contribution is 7.91. The molecule has 5 aromatic rings. The molecule has 0 atom stereocenters. The Balaban J connectivity index is 1.31. The Morgan fingerprint density at radius 3 is 1.92 bits per heavy atom. The summed E-state index contributed by atoms with van der Waals surface area (Å²) in [6, 6.07) is 26.8. The molecule has 1 aromatic heterocycles. The highest BCUT2D eigenvalue weighted by atomic mass is 32.2. The summed E-state index contributed by atoms with van der Waals surface area (Å²) in [4.78, 5) is 0. The van der Waals surface area contributed by atoms with Gasteiger partial charge in [0.15, 0.2) is 5.11 Å². The lowest BCUT2D eigenvalue weighted by atomic mass is 9.90. The molecule has 4 aromatic carbocycles. The zero-order valence-electron chi connectivity index (χ0n) is 26.6. The van der Waals surface area contributed by atoms with Crippen LogP contribution in [0.4, 0.5) is 32.0 Å². The van der Waals surface area contributed by atoms with Crippen molar-refractivity contribution in [2.24, 2.45) is 0 Å². The van der Waals surface area contributed by atoms with Crippen molar-refractivity contribution in [1.29, 1.82) is 0 Å². The summed E-state index contributed by atoms with van der Waals surface area (Å²) in [5.74, 6) is 0.180. The lowest BCUT2D eigenvalue weighted by Gasteiger charge is -2.17. The summed E-state index contributed by atoms with van der Waals surface area (Å²) < 4.78 is 109. The zero-order chi connectivity index (χ0) is 36.3. The van der Waals surface area contributed by atoms with Crippen LogP contribution in [0.3, 0.4) is 0 Å². The second-order valence-corrected chi connectivity index (χ2v) is 14.9. The Kier molecular flexibility index (Phi) is 11.1. The quantitative estimate of drug-likeness (QED) is 0.0754. The Bertz CT molecular complexity index is 2040. The van der Waals surface area contributed by atoms with Crippen LogP contribution in [-0.4, -0.2) is 26.6 Å². The highest BCUT2D eigenvalue weighted by Gasteiger charge is 2.37. The molecule has 0 unspecified atom stereocenters. The van der Waals surface area contributed by atoms with Gasteiger partial charge < -0.3 is 10.6 Å². The number of rotatable bonds is 10. The molecule has 3 N–H and O–H groups in total. The standard InChI is InChI=1S/C36H31F6N3O2S3/c1-22(2)26-12-13-30(25-10-8-24(9-11-25)23-6-4-3-5-7-23)32(18-26)31-14-17-49-33(31)50(46,47)44-16-15-43-34(48)45-29-20-27(35(37,38)39)19-28(21-29)36(40,41)42/h3-14,17-22,44H,15-16H2,1-2H3,(H2,43,45,48). The Morgan fingerprint density at radius 2 is 1.32 bits per heavy atom. The first-order valence-electron chi connectivity index (χ1n) is 15.2. The van der Waals surface area contributed by atoms with E-state index in [0.717, 1.165) is 44.7 Å². The van der Waals surface area contributed by atoms with Gasteiger partial charge in [-0.15, -0.1) is 11.3 Å². The third kappa shape index (κ3) is 8.91. The van der Waals surface area contributed by atoms with Crippen LogP contribution in [0.5, 0.6) is 0 Å². The zero-order valence-corrected chi connectivity index (χ0v) is 29.1. The number of thiocarbonyl (C=S) groups is 1. The third-order valence-corrected chi connectivity index (χ3v) is 10.9. The second-order valence-electron chi connectivity index (χ2n) is 11.6. The molecule has 0 aliphatic heterocycles. The Labute approximate surface area is 295 Å². The fourth-order valence-corrected chi connectivity index (χ4v) is 7.87. The van der Waals surface area contributed by atoms with Crippen molar-refractivity contribution in [3.8, 4) is 33.4 Å². The van der Waals surface area contributed by atoms with Gasteiger partial charge in [0.1, 0.15) is 4.21 Å². The number of thiophene rings is 1. The van der Waals surface area contributed by atoms with Crippen LogP contribution < -0.4 is 15.4 Å². The van der Waals surface area contributed by atoms with Crippen LogP contribution in [0.15, 0.2) is 107 Å². The number of hydrogen-bond donors (Lipinski definition) is 3. The number of benzene rings is 4. The number of nitrogens with one attached hydrogen (secondary N) is 3. The van der Waals surface area contributed by atoms with Crippen molar-refractivity contribution < 1.29 is 34.8 Å². The SMILES string of the molecule is CC(C)c1ccc(-c2ccc(-c3ccccc3)cc2)c(-c2ccsc2S(=O)(=O)NCCNC(=S)Nc2cc(C(F)(F)F)cc(C(F)(F)F)c2)c1. The molecule has 5 rings (SSSR count). The molecule has 14 heteroatoms. The topological polar surface area (TPSA) is 70.2 Å². The molecule has 262 valence electrons. The van der Waals surface area contributed by atoms with Gasteiger partial charge in [0.05, 0.1) is 11.1 Å². The largest absolute Gasteiger partial charge is 0.416 e. The molecule has 0 radical (unpaired) electrons. The van der Waals surface area contributed by atoms with E-state index in [4.69, 9.17) is 12.2 Å². The van der Waals surface area contributed by atoms with Crippen molar-refractivity contribution in [1.82, 2.24) is 10.0 Å². The minimum Gasteiger partial charge on any atom is -0.361 e. The molecule has 0 aliphatic carbocycles. The summed E-state index contributed by atoms with van der Waals surface area (Å²) in [5.41, 5.74) is 2.65. The van der Waals surface area contributed by atoms with E-state index in [1.54, 1.807) is 11.4 Å². The fourth-order valence-electron chi connectivity index (χ4n) is 5.20. The summed E-state index contributed by atoms with van der Waals surface area (Å²) in [7, 11) is -4.06. The molecular formula is C36H31F6N3O2S3. The first-order chi connectivity index (χ1) is 23.5. The van der Waals surface area contributed by atoms with Crippen molar-refractivity contribution in [3.63, 3.8) is 0 Å². The average molecular weight is 748 g/mol. The van der Waals surface area contributed by atoms with Crippen LogP contribution in [0.25, 0.3) is 33.4 Å². The monoisotopic (exact) mass is 747 g/mol. The van der Waals surface area contributed by atoms with Gasteiger partial charge in [0, 0.05) is 24.3 Å². The van der Waals surface area contributed by atoms with E-state index in [1.165, 1.54) is 0 Å². The molecule has 0 bridgehead atoms. The maximum absolute atomic E-state index is 13.6. The fraction of sp³-hybridized carbons (Fsp3) is 0.194. The molecule has 0 spiro atoms. The van der Waals surface area contributed by atoms with Crippen LogP contribution in [-0.2, 0) is 22.4 Å². The number of alkyl halides is 6. The molecule has 0 aliphatic rings.